The Hall–Kier alpha value is -1.47. The molecule has 1 aromatic carbocycles. The molecule has 0 atom stereocenters. The first-order valence-corrected chi connectivity index (χ1v) is 6.45. The lowest BCUT2D eigenvalue weighted by atomic mass is 10.3. The SMILES string of the molecule is CCOc1nc(Cl)nc(Sc2cc(F)ccc2F)n1. The zero-order valence-corrected chi connectivity index (χ0v) is 11.3. The highest BCUT2D eigenvalue weighted by Crippen LogP contribution is 2.29. The molecular formula is C11H8ClF2N3OS. The lowest BCUT2D eigenvalue weighted by Crippen LogP contribution is -2.00. The molecule has 0 aliphatic carbocycles. The molecule has 2 rings (SSSR count). The van der Waals surface area contributed by atoms with Gasteiger partial charge in [-0.25, -0.2) is 8.78 Å². The summed E-state index contributed by atoms with van der Waals surface area (Å²) in [5.41, 5.74) is 0. The van der Waals surface area contributed by atoms with Crippen molar-refractivity contribution in [3.63, 3.8) is 0 Å². The van der Waals surface area contributed by atoms with Crippen molar-refractivity contribution in [1.82, 2.24) is 15.0 Å². The van der Waals surface area contributed by atoms with Crippen molar-refractivity contribution in [3.05, 3.63) is 35.1 Å². The Morgan fingerprint density at radius 3 is 2.79 bits per heavy atom. The van der Waals surface area contributed by atoms with E-state index in [4.69, 9.17) is 16.3 Å². The molecule has 0 N–H and O–H groups in total. The Balaban J connectivity index is 2.29. The molecule has 100 valence electrons. The van der Waals surface area contributed by atoms with Gasteiger partial charge in [0.15, 0.2) is 5.16 Å². The van der Waals surface area contributed by atoms with Gasteiger partial charge in [0.1, 0.15) is 11.6 Å². The van der Waals surface area contributed by atoms with Crippen LogP contribution in [0.5, 0.6) is 6.01 Å². The summed E-state index contributed by atoms with van der Waals surface area (Å²) in [4.78, 5) is 11.6. The van der Waals surface area contributed by atoms with Gasteiger partial charge in [-0.1, -0.05) is 0 Å². The van der Waals surface area contributed by atoms with Crippen LogP contribution in [0.15, 0.2) is 28.3 Å². The van der Waals surface area contributed by atoms with Gasteiger partial charge in [-0.05, 0) is 48.5 Å². The van der Waals surface area contributed by atoms with E-state index in [1.165, 1.54) is 0 Å². The van der Waals surface area contributed by atoms with E-state index >= 15 is 0 Å². The minimum atomic E-state index is -0.569. The summed E-state index contributed by atoms with van der Waals surface area (Å²) in [5, 5.41) is 0.0608. The maximum atomic E-state index is 13.5. The summed E-state index contributed by atoms with van der Waals surface area (Å²) >= 11 is 6.54. The van der Waals surface area contributed by atoms with Gasteiger partial charge in [-0.3, -0.25) is 0 Å². The molecule has 0 saturated heterocycles. The van der Waals surface area contributed by atoms with Crippen LogP contribution in [0, 0.1) is 11.6 Å². The number of aromatic nitrogens is 3. The topological polar surface area (TPSA) is 47.9 Å². The molecule has 0 aliphatic heterocycles. The number of hydrogen-bond donors (Lipinski definition) is 0. The lowest BCUT2D eigenvalue weighted by Gasteiger charge is -2.05. The van der Waals surface area contributed by atoms with Crippen LogP contribution in [0.1, 0.15) is 6.92 Å². The average Bonchev–Trinajstić information content (AvgIpc) is 2.33. The van der Waals surface area contributed by atoms with Crippen LogP contribution >= 0.6 is 23.4 Å². The van der Waals surface area contributed by atoms with Crippen LogP contribution < -0.4 is 4.74 Å². The Morgan fingerprint density at radius 2 is 2.05 bits per heavy atom. The summed E-state index contributed by atoms with van der Waals surface area (Å²) in [6, 6.07) is 3.16. The highest BCUT2D eigenvalue weighted by Gasteiger charge is 2.11. The molecule has 1 aromatic heterocycles. The smallest absolute Gasteiger partial charge is 0.321 e. The Bertz CT molecular complexity index is 600. The number of hydrogen-bond acceptors (Lipinski definition) is 5. The zero-order chi connectivity index (χ0) is 13.8. The van der Waals surface area contributed by atoms with Gasteiger partial charge in [0, 0.05) is 0 Å². The molecule has 8 heteroatoms. The fourth-order valence-electron chi connectivity index (χ4n) is 1.21. The first-order valence-electron chi connectivity index (χ1n) is 5.25. The van der Waals surface area contributed by atoms with E-state index in [1.807, 2.05) is 0 Å². The molecule has 0 saturated carbocycles. The number of rotatable bonds is 4. The second kappa shape index (κ2) is 6.12. The van der Waals surface area contributed by atoms with Crippen LogP contribution in [0.2, 0.25) is 5.28 Å². The second-order valence-corrected chi connectivity index (χ2v) is 4.63. The van der Waals surface area contributed by atoms with E-state index in [2.05, 4.69) is 15.0 Å². The molecule has 0 radical (unpaired) electrons. The zero-order valence-electron chi connectivity index (χ0n) is 9.73. The summed E-state index contributed by atoms with van der Waals surface area (Å²) < 4.78 is 31.6. The average molecular weight is 304 g/mol. The van der Waals surface area contributed by atoms with Crippen molar-refractivity contribution in [3.8, 4) is 6.01 Å². The molecule has 2 aromatic rings. The van der Waals surface area contributed by atoms with Gasteiger partial charge in [0.25, 0.3) is 0 Å². The van der Waals surface area contributed by atoms with E-state index in [1.54, 1.807) is 6.92 Å². The normalized spacial score (nSPS) is 10.5. The molecule has 0 amide bonds. The van der Waals surface area contributed by atoms with Gasteiger partial charge in [0.05, 0.1) is 11.5 Å². The maximum absolute atomic E-state index is 13.5. The Morgan fingerprint density at radius 1 is 1.26 bits per heavy atom. The Kier molecular flexibility index (Phi) is 4.49. The van der Waals surface area contributed by atoms with Crippen molar-refractivity contribution in [2.45, 2.75) is 17.0 Å². The van der Waals surface area contributed by atoms with Crippen molar-refractivity contribution < 1.29 is 13.5 Å². The molecule has 0 bridgehead atoms. The van der Waals surface area contributed by atoms with Crippen molar-refractivity contribution in [2.75, 3.05) is 6.61 Å². The minimum Gasteiger partial charge on any atom is -0.464 e. The third-order valence-electron chi connectivity index (χ3n) is 1.94. The molecule has 19 heavy (non-hydrogen) atoms. The van der Waals surface area contributed by atoms with Crippen molar-refractivity contribution >= 4 is 23.4 Å². The van der Waals surface area contributed by atoms with Crippen molar-refractivity contribution in [1.29, 1.82) is 0 Å². The fourth-order valence-corrected chi connectivity index (χ4v) is 2.20. The van der Waals surface area contributed by atoms with E-state index in [0.29, 0.717) is 6.61 Å². The van der Waals surface area contributed by atoms with Crippen LogP contribution in [0.4, 0.5) is 8.78 Å². The van der Waals surface area contributed by atoms with Crippen LogP contribution in [0.3, 0.4) is 0 Å². The predicted octanol–water partition coefficient (Wildman–Crippen LogP) is 3.35. The number of benzene rings is 1. The van der Waals surface area contributed by atoms with E-state index in [9.17, 15) is 8.78 Å². The minimum absolute atomic E-state index is 0.0433. The van der Waals surface area contributed by atoms with Gasteiger partial charge >= 0.3 is 6.01 Å². The largest absolute Gasteiger partial charge is 0.464 e. The van der Waals surface area contributed by atoms with Gasteiger partial charge < -0.3 is 4.74 Å². The molecule has 0 unspecified atom stereocenters. The summed E-state index contributed by atoms with van der Waals surface area (Å²) in [6.45, 7) is 2.12. The van der Waals surface area contributed by atoms with E-state index in [-0.39, 0.29) is 21.3 Å². The number of ether oxygens (including phenoxy) is 1. The molecular weight excluding hydrogens is 296 g/mol. The van der Waals surface area contributed by atoms with Crippen molar-refractivity contribution in [2.24, 2.45) is 0 Å². The number of nitrogens with zero attached hydrogens (tertiary/aromatic N) is 3. The quantitative estimate of drug-likeness (QED) is 0.867. The third-order valence-corrected chi connectivity index (χ3v) is 3.00. The third kappa shape index (κ3) is 3.74. The monoisotopic (exact) mass is 303 g/mol. The highest BCUT2D eigenvalue weighted by molar-refractivity contribution is 7.99. The molecule has 4 nitrogen and oxygen atoms in total. The second-order valence-electron chi connectivity index (χ2n) is 3.28. The first kappa shape index (κ1) is 14.0. The van der Waals surface area contributed by atoms with Crippen LogP contribution in [-0.4, -0.2) is 21.6 Å². The predicted molar refractivity (Wildman–Crippen MR) is 66.5 cm³/mol. The van der Waals surface area contributed by atoms with Crippen LogP contribution in [-0.2, 0) is 0 Å². The Labute approximate surface area is 117 Å². The highest BCUT2D eigenvalue weighted by atomic mass is 35.5. The molecule has 1 heterocycles. The van der Waals surface area contributed by atoms with Gasteiger partial charge in [-0.15, -0.1) is 0 Å². The van der Waals surface area contributed by atoms with E-state index in [0.717, 1.165) is 30.0 Å². The molecule has 0 aliphatic rings. The summed E-state index contributed by atoms with van der Waals surface area (Å²) in [5.74, 6) is -1.12. The fraction of sp³-hybridized carbons (Fsp3) is 0.182. The summed E-state index contributed by atoms with van der Waals surface area (Å²) in [6.07, 6.45) is 0. The van der Waals surface area contributed by atoms with Gasteiger partial charge in [0.2, 0.25) is 5.28 Å². The summed E-state index contributed by atoms with van der Waals surface area (Å²) in [7, 11) is 0. The first-order chi connectivity index (χ1) is 9.08. The molecule has 0 spiro atoms. The number of halogens is 3. The lowest BCUT2D eigenvalue weighted by molar-refractivity contribution is 0.307. The maximum Gasteiger partial charge on any atom is 0.321 e. The standard InChI is InChI=1S/C11H8ClF2N3OS/c1-2-18-10-15-9(12)16-11(17-10)19-8-5-6(13)3-4-7(8)14/h3-5H,2H2,1H3. The van der Waals surface area contributed by atoms with E-state index < -0.39 is 11.6 Å². The van der Waals surface area contributed by atoms with Gasteiger partial charge in [-0.2, -0.15) is 15.0 Å². The molecule has 0 fully saturated rings. The van der Waals surface area contributed by atoms with Crippen LogP contribution in [0.25, 0.3) is 0 Å².